The molecule has 20 heavy (non-hydrogen) atoms. The van der Waals surface area contributed by atoms with E-state index in [2.05, 4.69) is 0 Å². The van der Waals surface area contributed by atoms with Crippen molar-refractivity contribution < 1.29 is 4.79 Å². The number of carbonyl (C=O) groups is 1. The lowest BCUT2D eigenvalue weighted by Gasteiger charge is -2.23. The lowest BCUT2D eigenvalue weighted by Crippen LogP contribution is -2.35. The van der Waals surface area contributed by atoms with Crippen LogP contribution in [0.4, 0.5) is 5.69 Å². The predicted octanol–water partition coefficient (Wildman–Crippen LogP) is 2.03. The summed E-state index contributed by atoms with van der Waals surface area (Å²) in [7, 11) is 3.93. The van der Waals surface area contributed by atoms with Gasteiger partial charge in [0.05, 0.1) is 4.99 Å². The van der Waals surface area contributed by atoms with Crippen molar-refractivity contribution in [3.63, 3.8) is 0 Å². The summed E-state index contributed by atoms with van der Waals surface area (Å²) in [5, 5.41) is 0. The summed E-state index contributed by atoms with van der Waals surface area (Å²) < 4.78 is 0. The van der Waals surface area contributed by atoms with Crippen LogP contribution in [0, 0.1) is 0 Å². The SMILES string of the molecule is CN(C)c1cccc(C(=O)N(CCC(N)=S)C2CC2)c1. The average Bonchev–Trinajstić information content (AvgIpc) is 3.23. The summed E-state index contributed by atoms with van der Waals surface area (Å²) in [4.78, 5) is 17.0. The van der Waals surface area contributed by atoms with Crippen LogP contribution in [0.25, 0.3) is 0 Å². The molecule has 1 amide bonds. The molecule has 0 heterocycles. The number of rotatable bonds is 6. The van der Waals surface area contributed by atoms with Crippen molar-refractivity contribution in [1.29, 1.82) is 0 Å². The molecule has 0 atom stereocenters. The molecule has 2 rings (SSSR count). The molecule has 1 aliphatic rings. The number of benzene rings is 1. The van der Waals surface area contributed by atoms with Crippen LogP contribution in [-0.4, -0.2) is 42.5 Å². The van der Waals surface area contributed by atoms with Crippen LogP contribution in [-0.2, 0) is 0 Å². The first-order valence-corrected chi connectivity index (χ1v) is 7.26. The molecule has 2 N–H and O–H groups in total. The highest BCUT2D eigenvalue weighted by atomic mass is 32.1. The van der Waals surface area contributed by atoms with Crippen molar-refractivity contribution >= 4 is 28.8 Å². The lowest BCUT2D eigenvalue weighted by molar-refractivity contribution is 0.0748. The molecule has 1 aliphatic carbocycles. The summed E-state index contributed by atoms with van der Waals surface area (Å²) >= 11 is 4.91. The van der Waals surface area contributed by atoms with Gasteiger partial charge in [-0.3, -0.25) is 4.79 Å². The van der Waals surface area contributed by atoms with E-state index >= 15 is 0 Å². The molecule has 1 aromatic carbocycles. The van der Waals surface area contributed by atoms with Crippen molar-refractivity contribution in [2.45, 2.75) is 25.3 Å². The maximum atomic E-state index is 12.6. The van der Waals surface area contributed by atoms with E-state index in [-0.39, 0.29) is 5.91 Å². The first-order chi connectivity index (χ1) is 9.49. The van der Waals surface area contributed by atoms with Gasteiger partial charge in [0, 0.05) is 44.4 Å². The maximum absolute atomic E-state index is 12.6. The molecule has 4 nitrogen and oxygen atoms in total. The van der Waals surface area contributed by atoms with Gasteiger partial charge in [-0.25, -0.2) is 0 Å². The van der Waals surface area contributed by atoms with Crippen LogP contribution >= 0.6 is 12.2 Å². The van der Waals surface area contributed by atoms with Gasteiger partial charge in [0.1, 0.15) is 0 Å². The molecule has 0 aliphatic heterocycles. The Bertz CT molecular complexity index is 512. The molecule has 1 fully saturated rings. The summed E-state index contributed by atoms with van der Waals surface area (Å²) in [5.41, 5.74) is 7.31. The van der Waals surface area contributed by atoms with Gasteiger partial charge >= 0.3 is 0 Å². The number of anilines is 1. The Morgan fingerprint density at radius 3 is 2.65 bits per heavy atom. The molecule has 108 valence electrons. The van der Waals surface area contributed by atoms with E-state index in [0.29, 0.717) is 24.0 Å². The molecule has 0 unspecified atom stereocenters. The van der Waals surface area contributed by atoms with Crippen molar-refractivity contribution in [3.05, 3.63) is 29.8 Å². The van der Waals surface area contributed by atoms with Crippen LogP contribution in [0.2, 0.25) is 0 Å². The first kappa shape index (κ1) is 14.8. The average molecular weight is 291 g/mol. The molecular formula is C15H21N3OS. The fraction of sp³-hybridized carbons (Fsp3) is 0.467. The monoisotopic (exact) mass is 291 g/mol. The first-order valence-electron chi connectivity index (χ1n) is 6.85. The number of carbonyl (C=O) groups excluding carboxylic acids is 1. The van der Waals surface area contributed by atoms with Crippen LogP contribution < -0.4 is 10.6 Å². The Balaban J connectivity index is 2.14. The number of nitrogens with zero attached hydrogens (tertiary/aromatic N) is 2. The Labute approximate surface area is 125 Å². The fourth-order valence-electron chi connectivity index (χ4n) is 2.15. The van der Waals surface area contributed by atoms with Crippen LogP contribution in [0.1, 0.15) is 29.6 Å². The predicted molar refractivity (Wildman–Crippen MR) is 86.2 cm³/mol. The molecule has 1 saturated carbocycles. The lowest BCUT2D eigenvalue weighted by atomic mass is 10.1. The Morgan fingerprint density at radius 2 is 2.10 bits per heavy atom. The van der Waals surface area contributed by atoms with Crippen molar-refractivity contribution in [3.8, 4) is 0 Å². The van der Waals surface area contributed by atoms with Gasteiger partial charge in [0.25, 0.3) is 5.91 Å². The minimum Gasteiger partial charge on any atom is -0.393 e. The minimum atomic E-state index is 0.0763. The maximum Gasteiger partial charge on any atom is 0.254 e. The topological polar surface area (TPSA) is 49.6 Å². The van der Waals surface area contributed by atoms with Crippen LogP contribution in [0.15, 0.2) is 24.3 Å². The van der Waals surface area contributed by atoms with E-state index in [1.807, 2.05) is 48.2 Å². The number of nitrogens with two attached hydrogens (primary N) is 1. The normalized spacial score (nSPS) is 13.9. The Morgan fingerprint density at radius 1 is 1.40 bits per heavy atom. The highest BCUT2D eigenvalue weighted by Gasteiger charge is 2.32. The van der Waals surface area contributed by atoms with E-state index in [1.165, 1.54) is 0 Å². The van der Waals surface area contributed by atoms with E-state index in [0.717, 1.165) is 24.1 Å². The second-order valence-corrected chi connectivity index (χ2v) is 5.92. The van der Waals surface area contributed by atoms with Gasteiger partial charge in [-0.1, -0.05) is 18.3 Å². The number of hydrogen-bond acceptors (Lipinski definition) is 3. The zero-order valence-electron chi connectivity index (χ0n) is 12.0. The third-order valence-electron chi connectivity index (χ3n) is 3.46. The van der Waals surface area contributed by atoms with Crippen molar-refractivity contribution in [2.75, 3.05) is 25.5 Å². The second-order valence-electron chi connectivity index (χ2n) is 5.39. The summed E-state index contributed by atoms with van der Waals surface area (Å²) in [6.07, 6.45) is 2.75. The second kappa shape index (κ2) is 6.22. The summed E-state index contributed by atoms with van der Waals surface area (Å²) in [6, 6.07) is 8.07. The van der Waals surface area contributed by atoms with Gasteiger partial charge in [-0.05, 0) is 31.0 Å². The van der Waals surface area contributed by atoms with Gasteiger partial charge in [-0.2, -0.15) is 0 Å². The highest BCUT2D eigenvalue weighted by molar-refractivity contribution is 7.80. The van der Waals surface area contributed by atoms with Crippen LogP contribution in [0.3, 0.4) is 0 Å². The van der Waals surface area contributed by atoms with Gasteiger partial charge < -0.3 is 15.5 Å². The largest absolute Gasteiger partial charge is 0.393 e. The van der Waals surface area contributed by atoms with Gasteiger partial charge in [-0.15, -0.1) is 0 Å². The zero-order chi connectivity index (χ0) is 14.7. The number of thiocarbonyl (C=S) groups is 1. The molecule has 0 bridgehead atoms. The molecule has 5 heteroatoms. The summed E-state index contributed by atoms with van der Waals surface area (Å²) in [5.74, 6) is 0.0763. The summed E-state index contributed by atoms with van der Waals surface area (Å²) in [6.45, 7) is 0.616. The number of hydrogen-bond donors (Lipinski definition) is 1. The van der Waals surface area contributed by atoms with Gasteiger partial charge in [0.2, 0.25) is 0 Å². The zero-order valence-corrected chi connectivity index (χ0v) is 12.8. The molecule has 0 spiro atoms. The van der Waals surface area contributed by atoms with E-state index in [9.17, 15) is 4.79 Å². The third-order valence-corrected chi connectivity index (χ3v) is 3.66. The van der Waals surface area contributed by atoms with E-state index in [4.69, 9.17) is 18.0 Å². The van der Waals surface area contributed by atoms with Crippen LogP contribution in [0.5, 0.6) is 0 Å². The fourth-order valence-corrected chi connectivity index (χ4v) is 2.24. The third kappa shape index (κ3) is 3.70. The standard InChI is InChI=1S/C15H21N3OS/c1-17(2)13-5-3-4-11(10-13)15(19)18(12-6-7-12)9-8-14(16)20/h3-5,10,12H,6-9H2,1-2H3,(H2,16,20). The van der Waals surface area contributed by atoms with E-state index < -0.39 is 0 Å². The molecule has 0 aromatic heterocycles. The number of amides is 1. The smallest absolute Gasteiger partial charge is 0.254 e. The molecular weight excluding hydrogens is 270 g/mol. The molecule has 1 aromatic rings. The highest BCUT2D eigenvalue weighted by Crippen LogP contribution is 2.29. The Hall–Kier alpha value is -1.62. The van der Waals surface area contributed by atoms with Crippen molar-refractivity contribution in [1.82, 2.24) is 4.90 Å². The Kier molecular flexibility index (Phi) is 4.60. The molecule has 0 saturated heterocycles. The molecule has 0 radical (unpaired) electrons. The van der Waals surface area contributed by atoms with Gasteiger partial charge in [0.15, 0.2) is 0 Å². The van der Waals surface area contributed by atoms with E-state index in [1.54, 1.807) is 0 Å². The van der Waals surface area contributed by atoms with Crippen molar-refractivity contribution in [2.24, 2.45) is 5.73 Å². The minimum absolute atomic E-state index is 0.0763. The quantitative estimate of drug-likeness (QED) is 0.815.